The number of carbonyl (C=O) groups is 2. The number of carbonyl (C=O) groups excluding carboxylic acids is 1. The Balaban J connectivity index is 2.43. The summed E-state index contributed by atoms with van der Waals surface area (Å²) in [5, 5.41) is 9.29. The molecule has 24 heavy (non-hydrogen) atoms. The van der Waals surface area contributed by atoms with Crippen molar-refractivity contribution in [3.8, 4) is 0 Å². The van der Waals surface area contributed by atoms with Crippen LogP contribution in [0.15, 0.2) is 12.1 Å². The van der Waals surface area contributed by atoms with Crippen LogP contribution in [0.5, 0.6) is 0 Å². The van der Waals surface area contributed by atoms with Crippen LogP contribution >= 0.6 is 0 Å². The van der Waals surface area contributed by atoms with E-state index in [1.165, 1.54) is 0 Å². The highest BCUT2D eigenvalue weighted by Gasteiger charge is 2.44. The summed E-state index contributed by atoms with van der Waals surface area (Å²) in [4.78, 5) is 24.6. The van der Waals surface area contributed by atoms with E-state index < -0.39 is 47.2 Å². The van der Waals surface area contributed by atoms with Crippen LogP contribution in [0.2, 0.25) is 0 Å². The number of hydrogen-bond donors (Lipinski definition) is 1. The molecule has 1 N–H and O–H groups in total. The summed E-state index contributed by atoms with van der Waals surface area (Å²) >= 11 is 0. The molecule has 0 saturated carbocycles. The van der Waals surface area contributed by atoms with Crippen LogP contribution in [0.3, 0.4) is 0 Å². The fourth-order valence-corrected chi connectivity index (χ4v) is 2.73. The molecule has 0 aliphatic carbocycles. The predicted molar refractivity (Wildman–Crippen MR) is 77.8 cm³/mol. The van der Waals surface area contributed by atoms with Gasteiger partial charge in [-0.05, 0) is 39.7 Å². The first-order valence-corrected chi connectivity index (χ1v) is 7.40. The maximum absolute atomic E-state index is 14.1. The lowest BCUT2D eigenvalue weighted by Crippen LogP contribution is -2.44. The normalized spacial score (nSPS) is 21.0. The highest BCUT2D eigenvalue weighted by atomic mass is 19.2. The van der Waals surface area contributed by atoms with Gasteiger partial charge in [-0.1, -0.05) is 6.07 Å². The third-order valence-electron chi connectivity index (χ3n) is 3.70. The van der Waals surface area contributed by atoms with Crippen molar-refractivity contribution >= 4 is 12.1 Å². The number of aliphatic carboxylic acids is 1. The molecule has 0 aromatic heterocycles. The first-order valence-electron chi connectivity index (χ1n) is 7.40. The van der Waals surface area contributed by atoms with Crippen LogP contribution in [0.1, 0.15) is 45.2 Å². The van der Waals surface area contributed by atoms with E-state index in [0.717, 1.165) is 17.0 Å². The van der Waals surface area contributed by atoms with Gasteiger partial charge in [0.05, 0.1) is 6.04 Å². The molecule has 1 fully saturated rings. The zero-order chi connectivity index (χ0) is 18.2. The van der Waals surface area contributed by atoms with Crippen LogP contribution in [0, 0.1) is 17.5 Å². The lowest BCUT2D eigenvalue weighted by atomic mass is 10.0. The molecule has 1 aliphatic heterocycles. The second-order valence-corrected chi connectivity index (χ2v) is 6.60. The zero-order valence-corrected chi connectivity index (χ0v) is 13.5. The second kappa shape index (κ2) is 6.33. The Morgan fingerprint density at radius 3 is 2.33 bits per heavy atom. The van der Waals surface area contributed by atoms with Gasteiger partial charge < -0.3 is 9.84 Å². The standard InChI is InChI=1S/C16H18F3NO4/c1-16(2,3)24-15(23)20-10(6-7-11(20)14(21)22)8-4-5-9(17)13(19)12(8)18/h4-5,10-11H,6-7H2,1-3H3,(H,21,22)/t10-,11+/m0/s1. The van der Waals surface area contributed by atoms with Crippen molar-refractivity contribution in [2.45, 2.75) is 51.3 Å². The number of ether oxygens (including phenoxy) is 1. The Hall–Kier alpha value is -2.25. The van der Waals surface area contributed by atoms with E-state index in [1.54, 1.807) is 20.8 Å². The van der Waals surface area contributed by atoms with Gasteiger partial charge in [-0.2, -0.15) is 0 Å². The van der Waals surface area contributed by atoms with Gasteiger partial charge in [0.25, 0.3) is 0 Å². The number of nitrogens with zero attached hydrogens (tertiary/aromatic N) is 1. The SMILES string of the molecule is CC(C)(C)OC(=O)N1[C@@H](C(=O)O)CC[C@H]1c1ccc(F)c(F)c1F. The maximum atomic E-state index is 14.1. The molecule has 5 nitrogen and oxygen atoms in total. The van der Waals surface area contributed by atoms with Crippen LogP contribution in [-0.4, -0.2) is 33.7 Å². The number of likely N-dealkylation sites (tertiary alicyclic amines) is 1. The first-order chi connectivity index (χ1) is 11.0. The Labute approximate surface area is 137 Å². The average molecular weight is 345 g/mol. The molecule has 1 aromatic rings. The minimum absolute atomic E-state index is 0.0533. The molecule has 8 heteroatoms. The summed E-state index contributed by atoms with van der Waals surface area (Å²) in [6, 6.07) is -0.511. The third-order valence-corrected chi connectivity index (χ3v) is 3.70. The van der Waals surface area contributed by atoms with Crippen LogP contribution in [-0.2, 0) is 9.53 Å². The van der Waals surface area contributed by atoms with Crippen molar-refractivity contribution in [1.82, 2.24) is 4.90 Å². The van der Waals surface area contributed by atoms with Crippen molar-refractivity contribution < 1.29 is 32.6 Å². The summed E-state index contributed by atoms with van der Waals surface area (Å²) in [7, 11) is 0. The maximum Gasteiger partial charge on any atom is 0.411 e. The molecule has 1 aliphatic rings. The topological polar surface area (TPSA) is 66.8 Å². The third kappa shape index (κ3) is 3.47. The van der Waals surface area contributed by atoms with Gasteiger partial charge in [-0.25, -0.2) is 22.8 Å². The summed E-state index contributed by atoms with van der Waals surface area (Å²) in [6.07, 6.45) is -0.794. The Morgan fingerprint density at radius 2 is 1.79 bits per heavy atom. The monoisotopic (exact) mass is 345 g/mol. The van der Waals surface area contributed by atoms with E-state index in [9.17, 15) is 27.9 Å². The van der Waals surface area contributed by atoms with E-state index in [-0.39, 0.29) is 18.4 Å². The Bertz CT molecular complexity index is 672. The smallest absolute Gasteiger partial charge is 0.411 e. The number of halogens is 3. The molecule has 2 atom stereocenters. The van der Waals surface area contributed by atoms with Gasteiger partial charge in [-0.15, -0.1) is 0 Å². The van der Waals surface area contributed by atoms with E-state index >= 15 is 0 Å². The fourth-order valence-electron chi connectivity index (χ4n) is 2.73. The summed E-state index contributed by atoms with van der Waals surface area (Å²) < 4.78 is 45.9. The lowest BCUT2D eigenvalue weighted by molar-refractivity contribution is -0.142. The zero-order valence-electron chi connectivity index (χ0n) is 13.5. The number of carboxylic acid groups (broad SMARTS) is 1. The van der Waals surface area contributed by atoms with E-state index in [1.807, 2.05) is 0 Å². The molecule has 132 valence electrons. The van der Waals surface area contributed by atoms with Crippen LogP contribution < -0.4 is 0 Å². The molecule has 0 radical (unpaired) electrons. The first kappa shape index (κ1) is 18.1. The number of hydrogen-bond acceptors (Lipinski definition) is 3. The van der Waals surface area contributed by atoms with Crippen molar-refractivity contribution in [3.05, 3.63) is 35.1 Å². The van der Waals surface area contributed by atoms with Gasteiger partial charge in [-0.3, -0.25) is 4.90 Å². The second-order valence-electron chi connectivity index (χ2n) is 6.60. The summed E-state index contributed by atoms with van der Waals surface area (Å²) in [6.45, 7) is 4.80. The number of rotatable bonds is 2. The van der Waals surface area contributed by atoms with Gasteiger partial charge in [0.2, 0.25) is 0 Å². The highest BCUT2D eigenvalue weighted by molar-refractivity contribution is 5.81. The van der Waals surface area contributed by atoms with Gasteiger partial charge in [0.1, 0.15) is 11.6 Å². The van der Waals surface area contributed by atoms with Crippen molar-refractivity contribution in [2.75, 3.05) is 0 Å². The van der Waals surface area contributed by atoms with E-state index in [0.29, 0.717) is 0 Å². The molecule has 0 unspecified atom stereocenters. The highest BCUT2D eigenvalue weighted by Crippen LogP contribution is 2.39. The van der Waals surface area contributed by atoms with Crippen molar-refractivity contribution in [3.63, 3.8) is 0 Å². The Kier molecular flexibility index (Phi) is 4.77. The molecule has 2 rings (SSSR count). The minimum atomic E-state index is -1.66. The molecule has 1 aromatic carbocycles. The molecule has 0 bridgehead atoms. The van der Waals surface area contributed by atoms with Gasteiger partial charge in [0, 0.05) is 5.56 Å². The molecular formula is C16H18F3NO4. The van der Waals surface area contributed by atoms with Gasteiger partial charge in [0.15, 0.2) is 17.5 Å². The molecule has 1 amide bonds. The molecule has 0 spiro atoms. The lowest BCUT2D eigenvalue weighted by Gasteiger charge is -2.31. The van der Waals surface area contributed by atoms with Crippen LogP contribution in [0.25, 0.3) is 0 Å². The quantitative estimate of drug-likeness (QED) is 0.831. The van der Waals surface area contributed by atoms with Crippen LogP contribution in [0.4, 0.5) is 18.0 Å². The molecule has 1 heterocycles. The average Bonchev–Trinajstić information content (AvgIpc) is 2.88. The summed E-state index contributed by atoms with van der Waals surface area (Å²) in [5.41, 5.74) is -1.16. The largest absolute Gasteiger partial charge is 0.480 e. The van der Waals surface area contributed by atoms with Crippen molar-refractivity contribution in [1.29, 1.82) is 0 Å². The fraction of sp³-hybridized carbons (Fsp3) is 0.500. The van der Waals surface area contributed by atoms with E-state index in [4.69, 9.17) is 4.74 Å². The van der Waals surface area contributed by atoms with Crippen molar-refractivity contribution in [2.24, 2.45) is 0 Å². The van der Waals surface area contributed by atoms with E-state index in [2.05, 4.69) is 0 Å². The number of carboxylic acids is 1. The Morgan fingerprint density at radius 1 is 1.17 bits per heavy atom. The molecule has 1 saturated heterocycles. The molecular weight excluding hydrogens is 327 g/mol. The number of amides is 1. The summed E-state index contributed by atoms with van der Waals surface area (Å²) in [5.74, 6) is -5.71. The minimum Gasteiger partial charge on any atom is -0.480 e. The number of benzene rings is 1. The predicted octanol–water partition coefficient (Wildman–Crippen LogP) is 3.63. The van der Waals surface area contributed by atoms with Gasteiger partial charge >= 0.3 is 12.1 Å².